The summed E-state index contributed by atoms with van der Waals surface area (Å²) >= 11 is 17.1. The summed E-state index contributed by atoms with van der Waals surface area (Å²) in [4.78, 5) is 6.69. The van der Waals surface area contributed by atoms with Crippen LogP contribution in [0.4, 0.5) is 0 Å². The predicted molar refractivity (Wildman–Crippen MR) is 122 cm³/mol. The molecule has 4 rings (SSSR count). The van der Waals surface area contributed by atoms with Crippen LogP contribution in [0, 0.1) is 0 Å². The molecular formula is C20H18BrClN2OS2. The van der Waals surface area contributed by atoms with Gasteiger partial charge in [-0.3, -0.25) is 0 Å². The van der Waals surface area contributed by atoms with E-state index in [2.05, 4.69) is 37.9 Å². The Hall–Kier alpha value is -1.05. The van der Waals surface area contributed by atoms with Crippen molar-refractivity contribution in [3.8, 4) is 11.3 Å². The minimum Gasteiger partial charge on any atom is -0.391 e. The van der Waals surface area contributed by atoms with Gasteiger partial charge in [-0.25, -0.2) is 0 Å². The summed E-state index contributed by atoms with van der Waals surface area (Å²) in [5, 5.41) is 11.7. The molecule has 140 valence electrons. The Bertz CT molecular complexity index is 990. The lowest BCUT2D eigenvalue weighted by atomic mass is 10.1. The lowest BCUT2D eigenvalue weighted by Gasteiger charge is -2.31. The third-order valence-corrected chi connectivity index (χ3v) is 7.02. The standard InChI is InChI=1S/C20H18BrClN2OS2/c21-13-5-3-12(4-6-13)18-19(16-10-14(22)7-8-17(16)23-18)27-20(26)24-9-1-2-15(25)11-24/h3-8,10,15,23,25H,1-2,9,11H2/t15-/m1/s1. The summed E-state index contributed by atoms with van der Waals surface area (Å²) in [7, 11) is 0. The molecule has 2 N–H and O–H groups in total. The maximum absolute atomic E-state index is 9.98. The van der Waals surface area contributed by atoms with Crippen LogP contribution in [0.5, 0.6) is 0 Å². The van der Waals surface area contributed by atoms with Gasteiger partial charge in [0.1, 0.15) is 4.32 Å². The Kier molecular flexibility index (Phi) is 5.81. The Morgan fingerprint density at radius 2 is 2.04 bits per heavy atom. The molecule has 0 aliphatic carbocycles. The van der Waals surface area contributed by atoms with E-state index < -0.39 is 0 Å². The summed E-state index contributed by atoms with van der Waals surface area (Å²) in [5.74, 6) is 0. The van der Waals surface area contributed by atoms with E-state index >= 15 is 0 Å². The quantitative estimate of drug-likeness (QED) is 0.343. The summed E-state index contributed by atoms with van der Waals surface area (Å²) in [5.41, 5.74) is 3.15. The van der Waals surface area contributed by atoms with Gasteiger partial charge >= 0.3 is 0 Å². The first kappa shape index (κ1) is 19.3. The number of hydrogen-bond donors (Lipinski definition) is 2. The number of fused-ring (bicyclic) bond motifs is 1. The fourth-order valence-corrected chi connectivity index (χ4v) is 5.21. The normalized spacial score (nSPS) is 17.4. The number of hydrogen-bond acceptors (Lipinski definition) is 3. The van der Waals surface area contributed by atoms with E-state index in [0.717, 1.165) is 55.2 Å². The van der Waals surface area contributed by atoms with Crippen LogP contribution >= 0.6 is 51.5 Å². The molecule has 0 spiro atoms. The smallest absolute Gasteiger partial charge is 0.141 e. The lowest BCUT2D eigenvalue weighted by molar-refractivity contribution is 0.105. The highest BCUT2D eigenvalue weighted by atomic mass is 79.9. The summed E-state index contributed by atoms with van der Waals surface area (Å²) in [6, 6.07) is 14.1. The van der Waals surface area contributed by atoms with Crippen molar-refractivity contribution in [2.24, 2.45) is 0 Å². The number of aromatic nitrogens is 1. The van der Waals surface area contributed by atoms with Crippen molar-refractivity contribution >= 4 is 66.7 Å². The zero-order chi connectivity index (χ0) is 19.0. The van der Waals surface area contributed by atoms with E-state index in [-0.39, 0.29) is 6.10 Å². The van der Waals surface area contributed by atoms with Crippen molar-refractivity contribution in [3.05, 3.63) is 52.0 Å². The van der Waals surface area contributed by atoms with E-state index in [4.69, 9.17) is 23.8 Å². The number of halogens is 2. The van der Waals surface area contributed by atoms with Gasteiger partial charge < -0.3 is 15.0 Å². The van der Waals surface area contributed by atoms with Crippen LogP contribution in [0.25, 0.3) is 22.2 Å². The average Bonchev–Trinajstić information content (AvgIpc) is 3.00. The van der Waals surface area contributed by atoms with Crippen molar-refractivity contribution in [1.82, 2.24) is 9.88 Å². The van der Waals surface area contributed by atoms with Crippen LogP contribution in [-0.2, 0) is 0 Å². The molecule has 2 heterocycles. The molecule has 27 heavy (non-hydrogen) atoms. The molecule has 0 bridgehead atoms. The van der Waals surface area contributed by atoms with Gasteiger partial charge in [-0.2, -0.15) is 0 Å². The number of nitrogens with one attached hydrogen (secondary N) is 1. The Balaban J connectivity index is 1.75. The number of nitrogens with zero attached hydrogens (tertiary/aromatic N) is 1. The van der Waals surface area contributed by atoms with E-state index in [1.807, 2.05) is 30.3 Å². The number of aliphatic hydroxyl groups excluding tert-OH is 1. The number of thiocarbonyl (C=S) groups is 1. The zero-order valence-corrected chi connectivity index (χ0v) is 18.4. The van der Waals surface area contributed by atoms with Gasteiger partial charge in [0.05, 0.1) is 11.8 Å². The molecule has 1 atom stereocenters. The number of β-amino-alcohol motifs (C(OH)–C–C–N with tert-alkyl or cyclic N) is 1. The minimum atomic E-state index is -0.305. The first-order chi connectivity index (χ1) is 13.0. The van der Waals surface area contributed by atoms with Crippen molar-refractivity contribution in [3.63, 3.8) is 0 Å². The van der Waals surface area contributed by atoms with Gasteiger partial charge in [0.2, 0.25) is 0 Å². The number of rotatable bonds is 2. The van der Waals surface area contributed by atoms with Crippen LogP contribution < -0.4 is 0 Å². The van der Waals surface area contributed by atoms with Crippen molar-refractivity contribution in [2.75, 3.05) is 13.1 Å². The van der Waals surface area contributed by atoms with E-state index in [1.165, 1.54) is 0 Å². The molecule has 2 aromatic carbocycles. The maximum atomic E-state index is 9.98. The van der Waals surface area contributed by atoms with Crippen LogP contribution in [-0.4, -0.2) is 38.5 Å². The number of piperidine rings is 1. The molecule has 0 amide bonds. The molecule has 7 heteroatoms. The summed E-state index contributed by atoms with van der Waals surface area (Å²) in [6.45, 7) is 1.49. The van der Waals surface area contributed by atoms with E-state index in [0.29, 0.717) is 11.6 Å². The summed E-state index contributed by atoms with van der Waals surface area (Å²) < 4.78 is 1.82. The van der Waals surface area contributed by atoms with Gasteiger partial charge in [0.25, 0.3) is 0 Å². The molecular weight excluding hydrogens is 464 g/mol. The number of H-pyrrole nitrogens is 1. The van der Waals surface area contributed by atoms with E-state index in [9.17, 15) is 5.11 Å². The molecule has 3 nitrogen and oxygen atoms in total. The fraction of sp³-hybridized carbons (Fsp3) is 0.250. The Labute approximate surface area is 181 Å². The van der Waals surface area contributed by atoms with Crippen molar-refractivity contribution < 1.29 is 5.11 Å². The largest absolute Gasteiger partial charge is 0.391 e. The van der Waals surface area contributed by atoms with Crippen LogP contribution in [0.2, 0.25) is 5.02 Å². The molecule has 1 fully saturated rings. The molecule has 0 saturated carbocycles. The number of benzene rings is 2. The van der Waals surface area contributed by atoms with Crippen LogP contribution in [0.1, 0.15) is 12.8 Å². The first-order valence-corrected chi connectivity index (χ1v) is 11.1. The highest BCUT2D eigenvalue weighted by Gasteiger charge is 2.23. The minimum absolute atomic E-state index is 0.305. The number of thioether (sulfide) groups is 1. The molecule has 3 aromatic rings. The topological polar surface area (TPSA) is 39.3 Å². The zero-order valence-electron chi connectivity index (χ0n) is 14.4. The lowest BCUT2D eigenvalue weighted by Crippen LogP contribution is -2.40. The number of likely N-dealkylation sites (tertiary alicyclic amines) is 1. The van der Waals surface area contributed by atoms with Crippen molar-refractivity contribution in [2.45, 2.75) is 23.8 Å². The first-order valence-electron chi connectivity index (χ1n) is 8.73. The SMILES string of the molecule is O[C@@H]1CCCN(C(=S)Sc2c(-c3ccc(Br)cc3)[nH]c3ccc(Cl)cc23)C1. The maximum Gasteiger partial charge on any atom is 0.141 e. The molecule has 0 radical (unpaired) electrons. The van der Waals surface area contributed by atoms with Gasteiger partial charge in [-0.05, 0) is 48.7 Å². The number of aromatic amines is 1. The van der Waals surface area contributed by atoms with Gasteiger partial charge in [-0.15, -0.1) is 0 Å². The Morgan fingerprint density at radius 3 is 2.78 bits per heavy atom. The molecule has 1 saturated heterocycles. The summed E-state index contributed by atoms with van der Waals surface area (Å²) in [6.07, 6.45) is 1.50. The molecule has 1 aliphatic heterocycles. The highest BCUT2D eigenvalue weighted by Crippen LogP contribution is 2.40. The van der Waals surface area contributed by atoms with Gasteiger partial charge in [-0.1, -0.05) is 63.6 Å². The second-order valence-electron chi connectivity index (χ2n) is 6.64. The van der Waals surface area contributed by atoms with E-state index in [1.54, 1.807) is 11.8 Å². The third-order valence-electron chi connectivity index (χ3n) is 4.69. The monoisotopic (exact) mass is 480 g/mol. The second kappa shape index (κ2) is 8.13. The average molecular weight is 482 g/mol. The molecule has 0 unspecified atom stereocenters. The second-order valence-corrected chi connectivity index (χ2v) is 9.63. The third kappa shape index (κ3) is 4.20. The van der Waals surface area contributed by atoms with Crippen LogP contribution in [0.3, 0.4) is 0 Å². The highest BCUT2D eigenvalue weighted by molar-refractivity contribution is 9.10. The van der Waals surface area contributed by atoms with Gasteiger partial charge in [0.15, 0.2) is 0 Å². The van der Waals surface area contributed by atoms with Gasteiger partial charge in [0, 0.05) is 38.4 Å². The fourth-order valence-electron chi connectivity index (χ4n) is 3.34. The predicted octanol–water partition coefficient (Wildman–Crippen LogP) is 6.08. The molecule has 1 aromatic heterocycles. The van der Waals surface area contributed by atoms with Crippen LogP contribution in [0.15, 0.2) is 51.8 Å². The molecule has 1 aliphatic rings. The Morgan fingerprint density at radius 1 is 1.26 bits per heavy atom. The van der Waals surface area contributed by atoms with Crippen molar-refractivity contribution in [1.29, 1.82) is 0 Å². The number of aliphatic hydroxyl groups is 1.